The van der Waals surface area contributed by atoms with Gasteiger partial charge in [0.15, 0.2) is 0 Å². The Morgan fingerprint density at radius 2 is 1.94 bits per heavy atom. The number of aryl methyl sites for hydroxylation is 1. The van der Waals surface area contributed by atoms with Crippen LogP contribution in [0.3, 0.4) is 0 Å². The van der Waals surface area contributed by atoms with Crippen LogP contribution in [-0.4, -0.2) is 33.9 Å². The van der Waals surface area contributed by atoms with Gasteiger partial charge in [0.1, 0.15) is 0 Å². The van der Waals surface area contributed by atoms with E-state index in [2.05, 4.69) is 21.5 Å². The van der Waals surface area contributed by atoms with Gasteiger partial charge in [0.2, 0.25) is 0 Å². The summed E-state index contributed by atoms with van der Waals surface area (Å²) in [5, 5.41) is 16.6. The summed E-state index contributed by atoms with van der Waals surface area (Å²) in [5.41, 5.74) is 4.86. The number of nitriles is 1. The molecule has 7 nitrogen and oxygen atoms in total. The lowest BCUT2D eigenvalue weighted by atomic mass is 9.78. The molecule has 1 aliphatic carbocycles. The third-order valence-electron chi connectivity index (χ3n) is 6.23. The average molecular weight is 430 g/mol. The Hall–Kier alpha value is -3.50. The second-order valence-corrected chi connectivity index (χ2v) is 8.34. The second kappa shape index (κ2) is 9.33. The summed E-state index contributed by atoms with van der Waals surface area (Å²) in [7, 11) is 1.71. The van der Waals surface area contributed by atoms with Crippen molar-refractivity contribution in [2.75, 3.05) is 12.4 Å². The highest BCUT2D eigenvalue weighted by Crippen LogP contribution is 2.37. The minimum atomic E-state index is -0.229. The van der Waals surface area contributed by atoms with Gasteiger partial charge in [0, 0.05) is 24.6 Å². The molecule has 7 heteroatoms. The summed E-state index contributed by atoms with van der Waals surface area (Å²) in [6.45, 7) is 3.91. The van der Waals surface area contributed by atoms with Crippen molar-refractivity contribution in [1.82, 2.24) is 14.8 Å². The molecule has 0 bridgehead atoms. The molecular formula is C25H27N5O2. The number of amides is 1. The number of carbonyl (C=O) groups excluding carboxylic acids is 1. The van der Waals surface area contributed by atoms with Crippen LogP contribution in [0.5, 0.6) is 0 Å². The van der Waals surface area contributed by atoms with E-state index in [1.807, 2.05) is 50.2 Å². The molecule has 1 amide bonds. The van der Waals surface area contributed by atoms with Crippen molar-refractivity contribution in [2.24, 2.45) is 5.92 Å². The molecular weight excluding hydrogens is 402 g/mol. The van der Waals surface area contributed by atoms with E-state index in [4.69, 9.17) is 4.74 Å². The lowest BCUT2D eigenvalue weighted by Crippen LogP contribution is -2.29. The normalized spacial score (nSPS) is 20.5. The summed E-state index contributed by atoms with van der Waals surface area (Å²) in [6.07, 6.45) is 5.75. The molecule has 1 saturated carbocycles. The molecule has 3 atom stereocenters. The zero-order chi connectivity index (χ0) is 22.7. The summed E-state index contributed by atoms with van der Waals surface area (Å²) >= 11 is 0. The number of hydrogen-bond acceptors (Lipinski definition) is 5. The molecule has 2 heterocycles. The van der Waals surface area contributed by atoms with Crippen LogP contribution >= 0.6 is 0 Å². The van der Waals surface area contributed by atoms with Crippen molar-refractivity contribution in [3.05, 3.63) is 71.3 Å². The van der Waals surface area contributed by atoms with Crippen LogP contribution in [0, 0.1) is 31.1 Å². The van der Waals surface area contributed by atoms with Gasteiger partial charge < -0.3 is 10.1 Å². The van der Waals surface area contributed by atoms with E-state index in [0.29, 0.717) is 11.3 Å². The van der Waals surface area contributed by atoms with E-state index in [1.54, 1.807) is 24.2 Å². The number of nitrogens with zero attached hydrogens (tertiary/aromatic N) is 4. The Balaban J connectivity index is 1.47. The van der Waals surface area contributed by atoms with E-state index >= 15 is 0 Å². The predicted octanol–water partition coefficient (Wildman–Crippen LogP) is 4.56. The van der Waals surface area contributed by atoms with Crippen LogP contribution in [0.25, 0.3) is 5.69 Å². The van der Waals surface area contributed by atoms with Crippen molar-refractivity contribution >= 4 is 11.6 Å². The molecule has 164 valence electrons. The van der Waals surface area contributed by atoms with Crippen LogP contribution in [0.1, 0.15) is 52.5 Å². The lowest BCUT2D eigenvalue weighted by molar-refractivity contribution is 0.0431. The van der Waals surface area contributed by atoms with Gasteiger partial charge in [0.05, 0.1) is 47.2 Å². The molecule has 0 spiro atoms. The molecule has 1 aromatic carbocycles. The third-order valence-corrected chi connectivity index (χ3v) is 6.23. The van der Waals surface area contributed by atoms with E-state index < -0.39 is 0 Å². The van der Waals surface area contributed by atoms with Crippen LogP contribution < -0.4 is 5.32 Å². The summed E-state index contributed by atoms with van der Waals surface area (Å²) in [6, 6.07) is 14.1. The SMILES string of the molecule is COC1CCC(C#N)CC1c1ccc(NC(=O)c2cnn(-c3ccc(C)cc3)c2C)cn1. The summed E-state index contributed by atoms with van der Waals surface area (Å²) in [5.74, 6) is -0.119. The first-order valence-electron chi connectivity index (χ1n) is 10.8. The summed E-state index contributed by atoms with van der Waals surface area (Å²) < 4.78 is 7.39. The molecule has 0 radical (unpaired) electrons. The molecule has 0 aliphatic heterocycles. The van der Waals surface area contributed by atoms with E-state index in [0.717, 1.165) is 36.3 Å². The number of benzene rings is 1. The van der Waals surface area contributed by atoms with Gasteiger partial charge in [-0.05, 0) is 57.4 Å². The Kier molecular flexibility index (Phi) is 6.33. The van der Waals surface area contributed by atoms with Crippen molar-refractivity contribution in [1.29, 1.82) is 5.26 Å². The first-order valence-corrected chi connectivity index (χ1v) is 10.8. The minimum Gasteiger partial charge on any atom is -0.381 e. The number of methoxy groups -OCH3 is 1. The van der Waals surface area contributed by atoms with Gasteiger partial charge >= 0.3 is 0 Å². The first kappa shape index (κ1) is 21.7. The van der Waals surface area contributed by atoms with Gasteiger partial charge in [0.25, 0.3) is 5.91 Å². The number of nitrogens with one attached hydrogen (secondary N) is 1. The Bertz CT molecular complexity index is 1130. The van der Waals surface area contributed by atoms with Crippen molar-refractivity contribution < 1.29 is 9.53 Å². The number of ether oxygens (including phenoxy) is 1. The van der Waals surface area contributed by atoms with Crippen molar-refractivity contribution in [3.8, 4) is 11.8 Å². The second-order valence-electron chi connectivity index (χ2n) is 8.34. The monoisotopic (exact) mass is 429 g/mol. The van der Waals surface area contributed by atoms with Gasteiger partial charge in [-0.25, -0.2) is 4.68 Å². The molecule has 1 fully saturated rings. The van der Waals surface area contributed by atoms with Crippen molar-refractivity contribution in [2.45, 2.75) is 45.1 Å². The average Bonchev–Trinajstić information content (AvgIpc) is 3.21. The maximum atomic E-state index is 12.9. The molecule has 3 unspecified atom stereocenters. The highest BCUT2D eigenvalue weighted by atomic mass is 16.5. The number of pyridine rings is 1. The number of aromatic nitrogens is 3. The maximum Gasteiger partial charge on any atom is 0.259 e. The fourth-order valence-electron chi connectivity index (χ4n) is 4.33. The predicted molar refractivity (Wildman–Crippen MR) is 122 cm³/mol. The largest absolute Gasteiger partial charge is 0.381 e. The summed E-state index contributed by atoms with van der Waals surface area (Å²) in [4.78, 5) is 17.4. The molecule has 1 aliphatic rings. The smallest absolute Gasteiger partial charge is 0.259 e. The quantitative estimate of drug-likeness (QED) is 0.642. The van der Waals surface area contributed by atoms with E-state index in [-0.39, 0.29) is 23.8 Å². The molecule has 32 heavy (non-hydrogen) atoms. The molecule has 3 aromatic rings. The molecule has 2 aromatic heterocycles. The number of carbonyl (C=O) groups is 1. The van der Waals surface area contributed by atoms with Crippen molar-refractivity contribution in [3.63, 3.8) is 0 Å². The fourth-order valence-corrected chi connectivity index (χ4v) is 4.33. The number of anilines is 1. The fraction of sp³-hybridized carbons (Fsp3) is 0.360. The third kappa shape index (κ3) is 4.41. The number of hydrogen-bond donors (Lipinski definition) is 1. The Morgan fingerprint density at radius 3 is 2.59 bits per heavy atom. The molecule has 0 saturated heterocycles. The van der Waals surface area contributed by atoms with Gasteiger partial charge in [-0.2, -0.15) is 10.4 Å². The molecule has 1 N–H and O–H groups in total. The minimum absolute atomic E-state index is 0.0284. The van der Waals surface area contributed by atoms with Crippen LogP contribution in [0.15, 0.2) is 48.8 Å². The van der Waals surface area contributed by atoms with Crippen LogP contribution in [0.4, 0.5) is 5.69 Å². The zero-order valence-corrected chi connectivity index (χ0v) is 18.6. The highest BCUT2D eigenvalue weighted by molar-refractivity contribution is 6.04. The lowest BCUT2D eigenvalue weighted by Gasteiger charge is -2.32. The van der Waals surface area contributed by atoms with E-state index in [9.17, 15) is 10.1 Å². The van der Waals surface area contributed by atoms with Gasteiger partial charge in [-0.1, -0.05) is 17.7 Å². The number of rotatable bonds is 5. The van der Waals surface area contributed by atoms with E-state index in [1.165, 1.54) is 5.56 Å². The molecule has 4 rings (SSSR count). The van der Waals surface area contributed by atoms with Gasteiger partial charge in [-0.15, -0.1) is 0 Å². The highest BCUT2D eigenvalue weighted by Gasteiger charge is 2.32. The topological polar surface area (TPSA) is 92.8 Å². The van der Waals surface area contributed by atoms with Crippen LogP contribution in [-0.2, 0) is 4.74 Å². The Labute approximate surface area is 188 Å². The maximum absolute atomic E-state index is 12.9. The standard InChI is InChI=1S/C25H27N5O2/c1-16-4-8-20(9-5-16)30-17(2)22(15-28-30)25(31)29-19-7-10-23(27-14-19)21-12-18(13-26)6-11-24(21)32-3/h4-5,7-10,14-15,18,21,24H,6,11-12H2,1-3H3,(H,29,31). The Morgan fingerprint density at radius 1 is 1.16 bits per heavy atom. The zero-order valence-electron chi connectivity index (χ0n) is 18.6. The van der Waals surface area contributed by atoms with Gasteiger partial charge in [-0.3, -0.25) is 9.78 Å². The van der Waals surface area contributed by atoms with Crippen LogP contribution in [0.2, 0.25) is 0 Å². The first-order chi connectivity index (χ1) is 15.5.